The maximum Gasteiger partial charge on any atom is 0.313 e. The Kier molecular flexibility index (Phi) is 4.37. The van der Waals surface area contributed by atoms with Gasteiger partial charge in [0.1, 0.15) is 11.2 Å². The SMILES string of the molecule is CCc1oc(C(=O)N2CCC(COC)(C(=O)O)C2)cc1C. The minimum atomic E-state index is -1.01. The number of hydrogen-bond donors (Lipinski definition) is 1. The molecule has 6 heteroatoms. The van der Waals surface area contributed by atoms with Crippen molar-refractivity contribution < 1.29 is 23.8 Å². The van der Waals surface area contributed by atoms with Crippen molar-refractivity contribution in [3.63, 3.8) is 0 Å². The number of furan rings is 1. The Hall–Kier alpha value is -1.82. The van der Waals surface area contributed by atoms with E-state index in [0.717, 1.165) is 17.7 Å². The van der Waals surface area contributed by atoms with Crippen LogP contribution in [0.1, 0.15) is 35.2 Å². The average Bonchev–Trinajstić information content (AvgIpc) is 3.03. The van der Waals surface area contributed by atoms with Gasteiger partial charge in [-0.1, -0.05) is 6.92 Å². The lowest BCUT2D eigenvalue weighted by Crippen LogP contribution is -2.40. The van der Waals surface area contributed by atoms with Gasteiger partial charge in [0.05, 0.1) is 6.61 Å². The molecule has 6 nitrogen and oxygen atoms in total. The van der Waals surface area contributed by atoms with Gasteiger partial charge in [0.25, 0.3) is 5.91 Å². The van der Waals surface area contributed by atoms with Crippen LogP contribution in [0.4, 0.5) is 0 Å². The van der Waals surface area contributed by atoms with Crippen molar-refractivity contribution in [1.82, 2.24) is 4.90 Å². The second kappa shape index (κ2) is 5.89. The summed E-state index contributed by atoms with van der Waals surface area (Å²) in [6, 6.07) is 1.72. The van der Waals surface area contributed by atoms with Crippen LogP contribution < -0.4 is 0 Å². The van der Waals surface area contributed by atoms with Gasteiger partial charge in [-0.2, -0.15) is 0 Å². The van der Waals surface area contributed by atoms with E-state index >= 15 is 0 Å². The molecule has 2 heterocycles. The maximum atomic E-state index is 12.4. The Morgan fingerprint density at radius 3 is 2.76 bits per heavy atom. The van der Waals surface area contributed by atoms with Crippen molar-refractivity contribution in [2.45, 2.75) is 26.7 Å². The number of nitrogens with zero attached hydrogens (tertiary/aromatic N) is 1. The van der Waals surface area contributed by atoms with Gasteiger partial charge in [-0.05, 0) is 25.0 Å². The first kappa shape index (κ1) is 15.6. The van der Waals surface area contributed by atoms with E-state index in [-0.39, 0.29) is 24.8 Å². The zero-order valence-corrected chi connectivity index (χ0v) is 12.6. The summed E-state index contributed by atoms with van der Waals surface area (Å²) in [6.45, 7) is 4.51. The monoisotopic (exact) mass is 295 g/mol. The van der Waals surface area contributed by atoms with Crippen LogP contribution in [0, 0.1) is 12.3 Å². The summed E-state index contributed by atoms with van der Waals surface area (Å²) in [5.74, 6) is -0.108. The minimum Gasteiger partial charge on any atom is -0.481 e. The molecule has 0 spiro atoms. The lowest BCUT2D eigenvalue weighted by atomic mass is 9.88. The standard InChI is InChI=1S/C15H21NO5/c1-4-11-10(2)7-12(21-11)13(17)16-6-5-15(8-16,9-20-3)14(18)19/h7H,4-6,8-9H2,1-3H3,(H,18,19). The predicted octanol–water partition coefficient (Wildman–Crippen LogP) is 1.71. The second-order valence-corrected chi connectivity index (χ2v) is 5.57. The van der Waals surface area contributed by atoms with Crippen LogP contribution in [0.3, 0.4) is 0 Å². The number of carboxylic acid groups (broad SMARTS) is 1. The molecule has 0 radical (unpaired) electrons. The van der Waals surface area contributed by atoms with Gasteiger partial charge >= 0.3 is 5.97 Å². The third kappa shape index (κ3) is 2.81. The van der Waals surface area contributed by atoms with Crippen LogP contribution in [0.25, 0.3) is 0 Å². The Bertz CT molecular complexity index is 550. The molecule has 1 aromatic rings. The van der Waals surface area contributed by atoms with E-state index in [1.54, 1.807) is 6.07 Å². The highest BCUT2D eigenvalue weighted by atomic mass is 16.5. The minimum absolute atomic E-state index is 0.101. The molecule has 1 aliphatic heterocycles. The van der Waals surface area contributed by atoms with Crippen molar-refractivity contribution in [1.29, 1.82) is 0 Å². The zero-order chi connectivity index (χ0) is 15.6. The van der Waals surface area contributed by atoms with Crippen LogP contribution in [-0.4, -0.2) is 48.7 Å². The molecule has 0 aromatic carbocycles. The normalized spacial score (nSPS) is 21.8. The van der Waals surface area contributed by atoms with Gasteiger partial charge in [-0.3, -0.25) is 9.59 Å². The van der Waals surface area contributed by atoms with Crippen LogP contribution in [0.5, 0.6) is 0 Å². The summed E-state index contributed by atoms with van der Waals surface area (Å²) >= 11 is 0. The van der Waals surface area contributed by atoms with E-state index in [4.69, 9.17) is 9.15 Å². The number of aryl methyl sites for hydroxylation is 2. The lowest BCUT2D eigenvalue weighted by Gasteiger charge is -2.23. The average molecular weight is 295 g/mol. The molecule has 1 N–H and O–H groups in total. The fraction of sp³-hybridized carbons (Fsp3) is 0.600. The fourth-order valence-electron chi connectivity index (χ4n) is 2.81. The number of carbonyl (C=O) groups excluding carboxylic acids is 1. The zero-order valence-electron chi connectivity index (χ0n) is 12.6. The summed E-state index contributed by atoms with van der Waals surface area (Å²) in [6.07, 6.45) is 1.12. The molecular formula is C15H21NO5. The van der Waals surface area contributed by atoms with Crippen molar-refractivity contribution in [3.05, 3.63) is 23.2 Å². The van der Waals surface area contributed by atoms with Crippen molar-refractivity contribution in [2.24, 2.45) is 5.41 Å². The topological polar surface area (TPSA) is 80.0 Å². The van der Waals surface area contributed by atoms with Crippen molar-refractivity contribution in [3.8, 4) is 0 Å². The van der Waals surface area contributed by atoms with E-state index in [1.165, 1.54) is 12.0 Å². The summed E-state index contributed by atoms with van der Waals surface area (Å²) in [5, 5.41) is 9.41. The Balaban J connectivity index is 2.16. The fourth-order valence-corrected chi connectivity index (χ4v) is 2.81. The number of aliphatic carboxylic acids is 1. The molecule has 2 rings (SSSR count). The third-order valence-corrected chi connectivity index (χ3v) is 4.07. The number of amides is 1. The number of rotatable bonds is 5. The van der Waals surface area contributed by atoms with E-state index in [1.807, 2.05) is 13.8 Å². The molecule has 1 aliphatic rings. The maximum absolute atomic E-state index is 12.4. The summed E-state index contributed by atoms with van der Waals surface area (Å²) in [7, 11) is 1.47. The Morgan fingerprint density at radius 2 is 2.24 bits per heavy atom. The summed E-state index contributed by atoms with van der Waals surface area (Å²) in [5.41, 5.74) is -0.0685. The quantitative estimate of drug-likeness (QED) is 0.894. The molecule has 1 aromatic heterocycles. The van der Waals surface area contributed by atoms with Gasteiger partial charge in [0.15, 0.2) is 5.76 Å². The van der Waals surface area contributed by atoms with E-state index in [2.05, 4.69) is 0 Å². The Morgan fingerprint density at radius 1 is 1.52 bits per heavy atom. The highest BCUT2D eigenvalue weighted by Gasteiger charge is 2.47. The first-order chi connectivity index (χ1) is 9.93. The first-order valence-electron chi connectivity index (χ1n) is 7.04. The van der Waals surface area contributed by atoms with Gasteiger partial charge in [-0.25, -0.2) is 0 Å². The van der Waals surface area contributed by atoms with E-state index < -0.39 is 11.4 Å². The first-order valence-corrected chi connectivity index (χ1v) is 7.04. The molecule has 1 atom stereocenters. The molecule has 0 bridgehead atoms. The third-order valence-electron chi connectivity index (χ3n) is 4.07. The van der Waals surface area contributed by atoms with E-state index in [0.29, 0.717) is 13.0 Å². The highest BCUT2D eigenvalue weighted by molar-refractivity contribution is 5.92. The van der Waals surface area contributed by atoms with Crippen molar-refractivity contribution >= 4 is 11.9 Å². The lowest BCUT2D eigenvalue weighted by molar-refractivity contribution is -0.151. The van der Waals surface area contributed by atoms with E-state index in [9.17, 15) is 14.7 Å². The van der Waals surface area contributed by atoms with Crippen LogP contribution in [0.15, 0.2) is 10.5 Å². The number of likely N-dealkylation sites (tertiary alicyclic amines) is 1. The van der Waals surface area contributed by atoms with Gasteiger partial charge in [-0.15, -0.1) is 0 Å². The molecule has 1 unspecified atom stereocenters. The molecule has 116 valence electrons. The molecule has 21 heavy (non-hydrogen) atoms. The number of carbonyl (C=O) groups is 2. The van der Waals surface area contributed by atoms with Crippen LogP contribution >= 0.6 is 0 Å². The molecule has 1 fully saturated rings. The molecular weight excluding hydrogens is 274 g/mol. The molecule has 1 amide bonds. The number of carboxylic acids is 1. The smallest absolute Gasteiger partial charge is 0.313 e. The van der Waals surface area contributed by atoms with Crippen LogP contribution in [0.2, 0.25) is 0 Å². The largest absolute Gasteiger partial charge is 0.481 e. The predicted molar refractivity (Wildman–Crippen MR) is 75.3 cm³/mol. The number of hydrogen-bond acceptors (Lipinski definition) is 4. The molecule has 1 saturated heterocycles. The highest BCUT2D eigenvalue weighted by Crippen LogP contribution is 2.32. The molecule has 0 saturated carbocycles. The van der Waals surface area contributed by atoms with Gasteiger partial charge < -0.3 is 19.2 Å². The Labute approximate surface area is 123 Å². The summed E-state index contributed by atoms with van der Waals surface area (Å²) in [4.78, 5) is 25.5. The number of methoxy groups -OCH3 is 1. The summed E-state index contributed by atoms with van der Waals surface area (Å²) < 4.78 is 10.6. The molecule has 0 aliphatic carbocycles. The second-order valence-electron chi connectivity index (χ2n) is 5.57. The van der Waals surface area contributed by atoms with Gasteiger partial charge in [0.2, 0.25) is 0 Å². The van der Waals surface area contributed by atoms with Crippen molar-refractivity contribution in [2.75, 3.05) is 26.8 Å². The van der Waals surface area contributed by atoms with Gasteiger partial charge in [0, 0.05) is 26.6 Å². The van der Waals surface area contributed by atoms with Crippen LogP contribution in [-0.2, 0) is 16.0 Å². The number of ether oxygens (including phenoxy) is 1.